The molecule has 1 aliphatic carbocycles. The number of carbonyl (C=O) groups is 2. The second-order valence-corrected chi connectivity index (χ2v) is 6.71. The minimum atomic E-state index is -0.211. The van der Waals surface area contributed by atoms with Crippen LogP contribution in [-0.4, -0.2) is 24.9 Å². The van der Waals surface area contributed by atoms with Crippen LogP contribution < -0.4 is 10.2 Å². The van der Waals surface area contributed by atoms with Crippen molar-refractivity contribution in [3.05, 3.63) is 29.3 Å². The fourth-order valence-corrected chi connectivity index (χ4v) is 3.59. The number of aryl methyl sites for hydroxylation is 2. The van der Waals surface area contributed by atoms with Crippen LogP contribution >= 0.6 is 0 Å². The minimum absolute atomic E-state index is 0.0260. The number of benzene rings is 1. The number of hydrogen-bond acceptors (Lipinski definition) is 2. The van der Waals surface area contributed by atoms with Crippen molar-refractivity contribution in [2.24, 2.45) is 5.92 Å². The summed E-state index contributed by atoms with van der Waals surface area (Å²) < 4.78 is 0. The summed E-state index contributed by atoms with van der Waals surface area (Å²) in [7, 11) is 0. The van der Waals surface area contributed by atoms with Gasteiger partial charge in [0.05, 0.1) is 5.92 Å². The van der Waals surface area contributed by atoms with E-state index in [1.807, 2.05) is 6.07 Å². The number of anilines is 1. The van der Waals surface area contributed by atoms with Gasteiger partial charge < -0.3 is 10.2 Å². The second kappa shape index (κ2) is 7.16. The summed E-state index contributed by atoms with van der Waals surface area (Å²) in [6.07, 6.45) is 7.07. The molecule has 23 heavy (non-hydrogen) atoms. The highest BCUT2D eigenvalue weighted by molar-refractivity contribution is 6.00. The molecule has 0 saturated carbocycles. The third kappa shape index (κ3) is 3.57. The third-order valence-electron chi connectivity index (χ3n) is 4.97. The number of amides is 2. The van der Waals surface area contributed by atoms with E-state index in [4.69, 9.17) is 0 Å². The van der Waals surface area contributed by atoms with Crippen LogP contribution in [0.3, 0.4) is 0 Å². The Morgan fingerprint density at radius 3 is 2.91 bits per heavy atom. The average Bonchev–Trinajstić information content (AvgIpc) is 3.16. The average molecular weight is 314 g/mol. The Kier molecular flexibility index (Phi) is 4.99. The van der Waals surface area contributed by atoms with Crippen LogP contribution in [0.4, 0.5) is 5.69 Å². The van der Waals surface area contributed by atoms with Crippen LogP contribution in [0, 0.1) is 5.92 Å². The fourth-order valence-electron chi connectivity index (χ4n) is 3.59. The lowest BCUT2D eigenvalue weighted by Gasteiger charge is -2.18. The summed E-state index contributed by atoms with van der Waals surface area (Å²) >= 11 is 0. The molecule has 2 amide bonds. The van der Waals surface area contributed by atoms with Gasteiger partial charge >= 0.3 is 0 Å². The van der Waals surface area contributed by atoms with E-state index >= 15 is 0 Å². The van der Waals surface area contributed by atoms with Gasteiger partial charge in [0.25, 0.3) is 0 Å². The van der Waals surface area contributed by atoms with E-state index in [1.165, 1.54) is 17.5 Å². The first kappa shape index (κ1) is 16.0. The number of nitrogens with one attached hydrogen (secondary N) is 1. The molecular weight excluding hydrogens is 288 g/mol. The van der Waals surface area contributed by atoms with Gasteiger partial charge in [0, 0.05) is 25.2 Å². The number of hydrogen-bond donors (Lipinski definition) is 1. The van der Waals surface area contributed by atoms with Gasteiger partial charge in [-0.05, 0) is 48.9 Å². The molecule has 1 aliphatic heterocycles. The van der Waals surface area contributed by atoms with Gasteiger partial charge in [0.15, 0.2) is 0 Å². The Balaban J connectivity index is 1.60. The summed E-state index contributed by atoms with van der Waals surface area (Å²) in [5, 5.41) is 2.98. The molecule has 1 unspecified atom stereocenters. The van der Waals surface area contributed by atoms with Gasteiger partial charge in [0.1, 0.15) is 0 Å². The van der Waals surface area contributed by atoms with E-state index in [1.54, 1.807) is 4.90 Å². The highest BCUT2D eigenvalue weighted by Crippen LogP contribution is 2.30. The SMILES string of the molecule is CCCCCNC(=O)C1CC(=O)N(c2ccc3c(c2)CCC3)C1. The molecule has 3 rings (SSSR count). The van der Waals surface area contributed by atoms with Crippen LogP contribution in [-0.2, 0) is 22.4 Å². The molecule has 2 aliphatic rings. The lowest BCUT2D eigenvalue weighted by Crippen LogP contribution is -2.33. The summed E-state index contributed by atoms with van der Waals surface area (Å²) in [6, 6.07) is 6.31. The molecule has 0 aromatic heterocycles. The van der Waals surface area contributed by atoms with Gasteiger partial charge in [-0.15, -0.1) is 0 Å². The Morgan fingerprint density at radius 1 is 1.26 bits per heavy atom. The lowest BCUT2D eigenvalue weighted by atomic mass is 10.1. The van der Waals surface area contributed by atoms with Crippen LogP contribution in [0.15, 0.2) is 18.2 Å². The Morgan fingerprint density at radius 2 is 2.09 bits per heavy atom. The van der Waals surface area contributed by atoms with Gasteiger partial charge in [-0.2, -0.15) is 0 Å². The van der Waals surface area contributed by atoms with E-state index in [9.17, 15) is 9.59 Å². The van der Waals surface area contributed by atoms with Crippen molar-refractivity contribution >= 4 is 17.5 Å². The standard InChI is InChI=1S/C19H26N2O2/c1-2-3-4-10-20-19(23)16-12-18(22)21(13-16)17-9-8-14-6-5-7-15(14)11-17/h8-9,11,16H,2-7,10,12-13H2,1H3,(H,20,23). The zero-order chi connectivity index (χ0) is 16.2. The topological polar surface area (TPSA) is 49.4 Å². The Labute approximate surface area is 138 Å². The fraction of sp³-hybridized carbons (Fsp3) is 0.579. The van der Waals surface area contributed by atoms with Gasteiger partial charge in [-0.25, -0.2) is 0 Å². The van der Waals surface area contributed by atoms with Crippen molar-refractivity contribution in [1.29, 1.82) is 0 Å². The zero-order valence-electron chi connectivity index (χ0n) is 13.9. The van der Waals surface area contributed by atoms with Crippen molar-refractivity contribution in [3.63, 3.8) is 0 Å². The molecule has 1 aromatic carbocycles. The first-order chi connectivity index (χ1) is 11.2. The first-order valence-corrected chi connectivity index (χ1v) is 8.89. The van der Waals surface area contributed by atoms with Crippen LogP contribution in [0.2, 0.25) is 0 Å². The van der Waals surface area contributed by atoms with Gasteiger partial charge in [0.2, 0.25) is 11.8 Å². The number of unbranched alkanes of at least 4 members (excludes halogenated alkanes) is 2. The molecule has 1 aromatic rings. The first-order valence-electron chi connectivity index (χ1n) is 8.89. The number of carbonyl (C=O) groups excluding carboxylic acids is 2. The molecule has 1 fully saturated rings. The molecule has 1 N–H and O–H groups in total. The summed E-state index contributed by atoms with van der Waals surface area (Å²) in [4.78, 5) is 26.3. The van der Waals surface area contributed by atoms with Crippen molar-refractivity contribution < 1.29 is 9.59 Å². The van der Waals surface area contributed by atoms with E-state index in [0.29, 0.717) is 13.0 Å². The maximum atomic E-state index is 12.3. The zero-order valence-corrected chi connectivity index (χ0v) is 13.9. The maximum Gasteiger partial charge on any atom is 0.227 e. The highest BCUT2D eigenvalue weighted by Gasteiger charge is 2.35. The van der Waals surface area contributed by atoms with Gasteiger partial charge in [-0.1, -0.05) is 25.8 Å². The van der Waals surface area contributed by atoms with E-state index < -0.39 is 0 Å². The number of rotatable bonds is 6. The van der Waals surface area contributed by atoms with Crippen molar-refractivity contribution in [3.8, 4) is 0 Å². The predicted octanol–water partition coefficient (Wildman–Crippen LogP) is 2.83. The molecule has 0 radical (unpaired) electrons. The molecule has 0 spiro atoms. The van der Waals surface area contributed by atoms with E-state index in [-0.39, 0.29) is 17.7 Å². The predicted molar refractivity (Wildman–Crippen MR) is 91.5 cm³/mol. The van der Waals surface area contributed by atoms with E-state index in [2.05, 4.69) is 24.4 Å². The molecule has 124 valence electrons. The smallest absolute Gasteiger partial charge is 0.227 e. The third-order valence-corrected chi connectivity index (χ3v) is 4.97. The lowest BCUT2D eigenvalue weighted by molar-refractivity contribution is -0.126. The Hall–Kier alpha value is -1.84. The van der Waals surface area contributed by atoms with Crippen molar-refractivity contribution in [2.75, 3.05) is 18.0 Å². The van der Waals surface area contributed by atoms with Crippen molar-refractivity contribution in [2.45, 2.75) is 51.9 Å². The molecule has 1 atom stereocenters. The van der Waals surface area contributed by atoms with E-state index in [0.717, 1.165) is 44.3 Å². The molecule has 1 heterocycles. The minimum Gasteiger partial charge on any atom is -0.356 e. The molecule has 4 nitrogen and oxygen atoms in total. The largest absolute Gasteiger partial charge is 0.356 e. The Bertz CT molecular complexity index is 597. The molecule has 4 heteroatoms. The van der Waals surface area contributed by atoms with Gasteiger partial charge in [-0.3, -0.25) is 9.59 Å². The number of nitrogens with zero attached hydrogens (tertiary/aromatic N) is 1. The summed E-state index contributed by atoms with van der Waals surface area (Å²) in [5.41, 5.74) is 3.73. The molecule has 1 saturated heterocycles. The molecular formula is C19H26N2O2. The molecule has 0 bridgehead atoms. The highest BCUT2D eigenvalue weighted by atomic mass is 16.2. The maximum absolute atomic E-state index is 12.3. The summed E-state index contributed by atoms with van der Waals surface area (Å²) in [5.74, 6) is -0.118. The van der Waals surface area contributed by atoms with Crippen LogP contribution in [0.5, 0.6) is 0 Å². The van der Waals surface area contributed by atoms with Crippen molar-refractivity contribution in [1.82, 2.24) is 5.32 Å². The normalized spacial score (nSPS) is 20.0. The van der Waals surface area contributed by atoms with Crippen LogP contribution in [0.25, 0.3) is 0 Å². The second-order valence-electron chi connectivity index (χ2n) is 6.71. The number of fused-ring (bicyclic) bond motifs is 1. The van der Waals surface area contributed by atoms with Crippen LogP contribution in [0.1, 0.15) is 50.2 Å². The summed E-state index contributed by atoms with van der Waals surface area (Å²) in [6.45, 7) is 3.37. The monoisotopic (exact) mass is 314 g/mol. The quantitative estimate of drug-likeness (QED) is 0.821.